The summed E-state index contributed by atoms with van der Waals surface area (Å²) >= 11 is 0. The minimum atomic E-state index is -4.53. The van der Waals surface area contributed by atoms with E-state index in [0.717, 1.165) is 57.5 Å². The average molecular weight is 494 g/mol. The van der Waals surface area contributed by atoms with Gasteiger partial charge in [-0.2, -0.15) is 13.2 Å². The second-order valence-electron chi connectivity index (χ2n) is 9.21. The predicted molar refractivity (Wildman–Crippen MR) is 124 cm³/mol. The van der Waals surface area contributed by atoms with Crippen LogP contribution in [0.4, 0.5) is 13.2 Å². The fourth-order valence-corrected chi connectivity index (χ4v) is 4.59. The van der Waals surface area contributed by atoms with Crippen LogP contribution in [-0.4, -0.2) is 79.0 Å². The Morgan fingerprint density at radius 3 is 2.60 bits per heavy atom. The molecule has 2 heterocycles. The highest BCUT2D eigenvalue weighted by molar-refractivity contribution is 5.96. The van der Waals surface area contributed by atoms with E-state index in [2.05, 4.69) is 20.6 Å². The summed E-state index contributed by atoms with van der Waals surface area (Å²) in [6, 6.07) is 4.57. The van der Waals surface area contributed by atoms with Crippen LogP contribution in [-0.2, 0) is 15.7 Å². The number of halogens is 3. The third kappa shape index (κ3) is 6.74. The lowest BCUT2D eigenvalue weighted by atomic mass is 9.89. The Morgan fingerprint density at radius 1 is 1.17 bits per heavy atom. The van der Waals surface area contributed by atoms with E-state index in [-0.39, 0.29) is 30.2 Å². The first-order valence-corrected chi connectivity index (χ1v) is 11.8. The lowest BCUT2D eigenvalue weighted by Gasteiger charge is -2.46. The molecule has 0 radical (unpaired) electrons. The number of amides is 2. The van der Waals surface area contributed by atoms with Crippen LogP contribution in [0.3, 0.4) is 0 Å². The lowest BCUT2D eigenvalue weighted by molar-refractivity contribution is -0.137. The van der Waals surface area contributed by atoms with Gasteiger partial charge in [0.2, 0.25) is 11.8 Å². The maximum atomic E-state index is 12.8. The van der Waals surface area contributed by atoms with Crippen molar-refractivity contribution in [2.24, 2.45) is 5.10 Å². The third-order valence-corrected chi connectivity index (χ3v) is 6.48. The van der Waals surface area contributed by atoms with Crippen LogP contribution in [0.25, 0.3) is 0 Å². The number of hydrogen-bond donors (Lipinski definition) is 2. The second-order valence-corrected chi connectivity index (χ2v) is 9.21. The third-order valence-electron chi connectivity index (χ3n) is 6.48. The molecule has 0 unspecified atom stereocenters. The fourth-order valence-electron chi connectivity index (χ4n) is 4.59. The highest BCUT2D eigenvalue weighted by Gasteiger charge is 2.36. The number of rotatable bonds is 6. The van der Waals surface area contributed by atoms with Gasteiger partial charge in [-0.05, 0) is 50.0 Å². The standard InChI is InChI=1S/C24H30F3N5O3/c1-31-11-3-6-22(30-31)35-20-9-7-19(8-10-20)32-14-18(15-32)29-21(33)13-28-23(34)16-4-2-5-17(12-16)24(25,26)27/h2-6,12,18-20H,7-11,13-15H2,1H3,(H,28,34)(H,29,33). The number of ether oxygens (including phenoxy) is 1. The molecule has 0 aromatic heterocycles. The fraction of sp³-hybridized carbons (Fsp3) is 0.542. The number of nitrogens with zero attached hydrogens (tertiary/aromatic N) is 3. The van der Waals surface area contributed by atoms with Gasteiger partial charge in [-0.3, -0.25) is 19.5 Å². The summed E-state index contributed by atoms with van der Waals surface area (Å²) in [5, 5.41) is 11.5. The van der Waals surface area contributed by atoms with E-state index in [9.17, 15) is 22.8 Å². The minimum absolute atomic E-state index is 0.000739. The van der Waals surface area contributed by atoms with Gasteiger partial charge in [-0.1, -0.05) is 12.1 Å². The van der Waals surface area contributed by atoms with Crippen molar-refractivity contribution in [2.45, 2.75) is 50.0 Å². The Morgan fingerprint density at radius 2 is 1.91 bits per heavy atom. The van der Waals surface area contributed by atoms with Crippen LogP contribution in [0.5, 0.6) is 0 Å². The Labute approximate surface area is 202 Å². The summed E-state index contributed by atoms with van der Waals surface area (Å²) in [7, 11) is 1.91. The van der Waals surface area contributed by atoms with E-state index in [4.69, 9.17) is 4.74 Å². The van der Waals surface area contributed by atoms with E-state index < -0.39 is 17.6 Å². The highest BCUT2D eigenvalue weighted by Crippen LogP contribution is 2.30. The molecule has 11 heteroatoms. The van der Waals surface area contributed by atoms with E-state index in [1.165, 1.54) is 12.1 Å². The molecular formula is C24H30F3N5O3. The van der Waals surface area contributed by atoms with Gasteiger partial charge < -0.3 is 15.4 Å². The Balaban J connectivity index is 1.13. The molecule has 0 atom stereocenters. The van der Waals surface area contributed by atoms with E-state index >= 15 is 0 Å². The average Bonchev–Trinajstić information content (AvgIpc) is 2.80. The predicted octanol–water partition coefficient (Wildman–Crippen LogP) is 2.38. The number of carbonyl (C=O) groups excluding carboxylic acids is 2. The first-order valence-electron chi connectivity index (χ1n) is 11.8. The zero-order valence-electron chi connectivity index (χ0n) is 19.6. The Hall–Kier alpha value is -3.08. The topological polar surface area (TPSA) is 86.3 Å². The number of nitrogens with one attached hydrogen (secondary N) is 2. The SMILES string of the molecule is CN1CC=CC(OC2CCC(N3CC(NC(=O)CNC(=O)c4cccc(C(F)(F)F)c4)C3)CC2)=N1. The van der Waals surface area contributed by atoms with Gasteiger partial charge in [0.05, 0.1) is 24.7 Å². The number of alkyl halides is 3. The molecule has 2 fully saturated rings. The summed E-state index contributed by atoms with van der Waals surface area (Å²) in [4.78, 5) is 26.7. The Kier molecular flexibility index (Phi) is 7.63. The van der Waals surface area contributed by atoms with Crippen LogP contribution in [0.1, 0.15) is 41.6 Å². The van der Waals surface area contributed by atoms with Gasteiger partial charge in [0.1, 0.15) is 6.10 Å². The zero-order valence-corrected chi connectivity index (χ0v) is 19.6. The molecule has 4 rings (SSSR count). The highest BCUT2D eigenvalue weighted by atomic mass is 19.4. The molecule has 0 bridgehead atoms. The van der Waals surface area contributed by atoms with E-state index in [1.807, 2.05) is 24.2 Å². The monoisotopic (exact) mass is 493 g/mol. The molecule has 8 nitrogen and oxygen atoms in total. The maximum Gasteiger partial charge on any atom is 0.416 e. The first-order chi connectivity index (χ1) is 16.7. The van der Waals surface area contributed by atoms with Crippen LogP contribution < -0.4 is 10.6 Å². The molecule has 1 aromatic rings. The molecule has 1 aliphatic carbocycles. The number of carbonyl (C=O) groups is 2. The van der Waals surface area contributed by atoms with Crippen molar-refractivity contribution in [3.63, 3.8) is 0 Å². The molecule has 1 saturated carbocycles. The van der Waals surface area contributed by atoms with Gasteiger partial charge in [0.15, 0.2) is 0 Å². The molecule has 2 N–H and O–H groups in total. The van der Waals surface area contributed by atoms with Crippen molar-refractivity contribution in [2.75, 3.05) is 33.2 Å². The quantitative estimate of drug-likeness (QED) is 0.636. The maximum absolute atomic E-state index is 12.8. The van der Waals surface area contributed by atoms with Gasteiger partial charge in [0.25, 0.3) is 5.91 Å². The molecule has 2 aliphatic heterocycles. The van der Waals surface area contributed by atoms with Crippen LogP contribution in [0.15, 0.2) is 41.5 Å². The molecule has 35 heavy (non-hydrogen) atoms. The summed E-state index contributed by atoms with van der Waals surface area (Å²) in [5.74, 6) is -0.422. The van der Waals surface area contributed by atoms with Crippen molar-refractivity contribution in [1.29, 1.82) is 0 Å². The molecular weight excluding hydrogens is 463 g/mol. The number of benzene rings is 1. The normalized spacial score (nSPS) is 23.3. The molecule has 3 aliphatic rings. The molecule has 1 saturated heterocycles. The minimum Gasteiger partial charge on any atom is -0.473 e. The van der Waals surface area contributed by atoms with Gasteiger partial charge in [-0.15, -0.1) is 5.10 Å². The van der Waals surface area contributed by atoms with Crippen LogP contribution >= 0.6 is 0 Å². The van der Waals surface area contributed by atoms with E-state index in [1.54, 1.807) is 0 Å². The lowest BCUT2D eigenvalue weighted by Crippen LogP contribution is -2.63. The van der Waals surface area contributed by atoms with Crippen LogP contribution in [0, 0.1) is 0 Å². The van der Waals surface area contributed by atoms with Gasteiger partial charge in [0, 0.05) is 31.7 Å². The molecule has 190 valence electrons. The van der Waals surface area contributed by atoms with E-state index in [0.29, 0.717) is 11.9 Å². The molecule has 2 amide bonds. The number of hydrogen-bond acceptors (Lipinski definition) is 6. The number of likely N-dealkylation sites (N-methyl/N-ethyl adjacent to an activating group) is 1. The van der Waals surface area contributed by atoms with Crippen molar-refractivity contribution in [1.82, 2.24) is 20.5 Å². The number of likely N-dealkylation sites (tertiary alicyclic amines) is 1. The molecule has 1 aromatic carbocycles. The number of hydrazone groups is 1. The largest absolute Gasteiger partial charge is 0.473 e. The molecule has 0 spiro atoms. The summed E-state index contributed by atoms with van der Waals surface area (Å²) in [5.41, 5.74) is -1.04. The van der Waals surface area contributed by atoms with Gasteiger partial charge >= 0.3 is 6.18 Å². The summed E-state index contributed by atoms with van der Waals surface area (Å²) in [6.07, 6.45) is 3.52. The Bertz CT molecular complexity index is 983. The zero-order chi connectivity index (χ0) is 25.0. The van der Waals surface area contributed by atoms with Crippen molar-refractivity contribution in [3.05, 3.63) is 47.5 Å². The first kappa shape index (κ1) is 25.0. The summed E-state index contributed by atoms with van der Waals surface area (Å²) < 4.78 is 44.5. The van der Waals surface area contributed by atoms with Crippen molar-refractivity contribution in [3.8, 4) is 0 Å². The smallest absolute Gasteiger partial charge is 0.416 e. The van der Waals surface area contributed by atoms with Gasteiger partial charge in [-0.25, -0.2) is 0 Å². The second kappa shape index (κ2) is 10.7. The van der Waals surface area contributed by atoms with Crippen molar-refractivity contribution < 1.29 is 27.5 Å². The summed E-state index contributed by atoms with van der Waals surface area (Å²) in [6.45, 7) is 1.98. The van der Waals surface area contributed by atoms with Crippen molar-refractivity contribution >= 4 is 17.7 Å². The van der Waals surface area contributed by atoms with Crippen LogP contribution in [0.2, 0.25) is 0 Å².